The van der Waals surface area contributed by atoms with Crippen molar-refractivity contribution in [2.45, 2.75) is 32.8 Å². The predicted octanol–water partition coefficient (Wildman–Crippen LogP) is 2.88. The van der Waals surface area contributed by atoms with Crippen LogP contribution in [-0.4, -0.2) is 21.2 Å². The van der Waals surface area contributed by atoms with Crippen molar-refractivity contribution >= 4 is 17.3 Å². The van der Waals surface area contributed by atoms with Crippen molar-refractivity contribution in [3.8, 4) is 10.6 Å². The van der Waals surface area contributed by atoms with E-state index < -0.39 is 5.97 Å². The van der Waals surface area contributed by atoms with E-state index in [2.05, 4.69) is 4.98 Å². The SMILES string of the molecule is CCc1csc(-c2c(CO)cccc2CCC(=O)O)n1. The van der Waals surface area contributed by atoms with Gasteiger partial charge < -0.3 is 10.2 Å². The van der Waals surface area contributed by atoms with E-state index in [0.717, 1.165) is 33.8 Å². The summed E-state index contributed by atoms with van der Waals surface area (Å²) in [4.78, 5) is 15.3. The van der Waals surface area contributed by atoms with Crippen LogP contribution in [0.1, 0.15) is 30.2 Å². The van der Waals surface area contributed by atoms with Crippen molar-refractivity contribution in [2.75, 3.05) is 0 Å². The standard InChI is InChI=1S/C15H17NO3S/c1-2-12-9-20-15(16-12)14-10(6-7-13(18)19)4-3-5-11(14)8-17/h3-5,9,17H,2,6-8H2,1H3,(H,18,19). The largest absolute Gasteiger partial charge is 0.481 e. The van der Waals surface area contributed by atoms with E-state index in [9.17, 15) is 9.90 Å². The fourth-order valence-corrected chi connectivity index (χ4v) is 3.11. The van der Waals surface area contributed by atoms with Crippen LogP contribution >= 0.6 is 11.3 Å². The van der Waals surface area contributed by atoms with Gasteiger partial charge in [0, 0.05) is 17.4 Å². The van der Waals surface area contributed by atoms with Crippen molar-refractivity contribution in [1.82, 2.24) is 4.98 Å². The Bertz CT molecular complexity index is 607. The second kappa shape index (κ2) is 6.63. The Balaban J connectivity index is 2.44. The molecule has 1 heterocycles. The number of aryl methyl sites for hydroxylation is 2. The molecular formula is C15H17NO3S. The summed E-state index contributed by atoms with van der Waals surface area (Å²) in [6.45, 7) is 1.97. The predicted molar refractivity (Wildman–Crippen MR) is 78.8 cm³/mol. The van der Waals surface area contributed by atoms with Crippen molar-refractivity contribution in [1.29, 1.82) is 0 Å². The van der Waals surface area contributed by atoms with E-state index in [-0.39, 0.29) is 13.0 Å². The lowest BCUT2D eigenvalue weighted by molar-refractivity contribution is -0.136. The van der Waals surface area contributed by atoms with Gasteiger partial charge in [0.1, 0.15) is 5.01 Å². The molecule has 1 aromatic heterocycles. The molecule has 2 aromatic rings. The molecule has 0 radical (unpaired) electrons. The van der Waals surface area contributed by atoms with Gasteiger partial charge in [-0.1, -0.05) is 25.1 Å². The van der Waals surface area contributed by atoms with E-state index in [4.69, 9.17) is 5.11 Å². The maximum absolute atomic E-state index is 10.8. The first-order chi connectivity index (χ1) is 9.65. The first kappa shape index (κ1) is 14.7. The molecule has 2 N–H and O–H groups in total. The van der Waals surface area contributed by atoms with Gasteiger partial charge in [-0.3, -0.25) is 4.79 Å². The van der Waals surface area contributed by atoms with Crippen LogP contribution in [0.5, 0.6) is 0 Å². The monoisotopic (exact) mass is 291 g/mol. The second-order valence-electron chi connectivity index (χ2n) is 4.50. The summed E-state index contributed by atoms with van der Waals surface area (Å²) in [5, 5.41) is 21.2. The zero-order valence-corrected chi connectivity index (χ0v) is 12.1. The molecule has 20 heavy (non-hydrogen) atoms. The molecule has 0 aliphatic heterocycles. The number of benzene rings is 1. The topological polar surface area (TPSA) is 70.4 Å². The Hall–Kier alpha value is -1.72. The highest BCUT2D eigenvalue weighted by Gasteiger charge is 2.14. The quantitative estimate of drug-likeness (QED) is 0.858. The highest BCUT2D eigenvalue weighted by atomic mass is 32.1. The molecule has 106 valence electrons. The number of carbonyl (C=O) groups is 1. The molecule has 0 spiro atoms. The number of hydrogen-bond acceptors (Lipinski definition) is 4. The number of aromatic nitrogens is 1. The number of aliphatic hydroxyl groups is 1. The summed E-state index contributed by atoms with van der Waals surface area (Å²) in [6, 6.07) is 5.61. The Morgan fingerprint density at radius 2 is 2.10 bits per heavy atom. The van der Waals surface area contributed by atoms with Crippen LogP contribution in [0.2, 0.25) is 0 Å². The molecule has 4 nitrogen and oxygen atoms in total. The molecule has 0 unspecified atom stereocenters. The zero-order valence-electron chi connectivity index (χ0n) is 11.3. The lowest BCUT2D eigenvalue weighted by Gasteiger charge is -2.11. The molecule has 5 heteroatoms. The Labute approximate surface area is 121 Å². The average molecular weight is 291 g/mol. The molecule has 0 atom stereocenters. The van der Waals surface area contributed by atoms with E-state index in [0.29, 0.717) is 6.42 Å². The third-order valence-corrected chi connectivity index (χ3v) is 4.05. The van der Waals surface area contributed by atoms with Crippen LogP contribution in [0.3, 0.4) is 0 Å². The number of nitrogens with zero attached hydrogens (tertiary/aromatic N) is 1. The van der Waals surface area contributed by atoms with Crippen LogP contribution in [0.15, 0.2) is 23.6 Å². The van der Waals surface area contributed by atoms with Crippen LogP contribution in [0.25, 0.3) is 10.6 Å². The normalized spacial score (nSPS) is 10.7. The molecule has 0 amide bonds. The number of carboxylic acids is 1. The number of thiazole rings is 1. The molecule has 0 aliphatic carbocycles. The highest BCUT2D eigenvalue weighted by Crippen LogP contribution is 2.31. The minimum atomic E-state index is -0.821. The summed E-state index contributed by atoms with van der Waals surface area (Å²) in [5.74, 6) is -0.821. The Kier molecular flexibility index (Phi) is 4.87. The minimum Gasteiger partial charge on any atom is -0.481 e. The number of carboxylic acid groups (broad SMARTS) is 1. The maximum Gasteiger partial charge on any atom is 0.303 e. The van der Waals surface area contributed by atoms with Gasteiger partial charge in [-0.05, 0) is 24.0 Å². The van der Waals surface area contributed by atoms with Gasteiger partial charge in [0.05, 0.1) is 12.3 Å². The summed E-state index contributed by atoms with van der Waals surface area (Å²) >= 11 is 1.54. The second-order valence-corrected chi connectivity index (χ2v) is 5.36. The van der Waals surface area contributed by atoms with Crippen LogP contribution in [-0.2, 0) is 24.2 Å². The summed E-state index contributed by atoms with van der Waals surface area (Å²) in [7, 11) is 0. The number of aliphatic carboxylic acids is 1. The third-order valence-electron chi connectivity index (χ3n) is 3.14. The fraction of sp³-hybridized carbons (Fsp3) is 0.333. The number of hydrogen-bond donors (Lipinski definition) is 2. The van der Waals surface area contributed by atoms with Crippen molar-refractivity contribution in [3.63, 3.8) is 0 Å². The number of aliphatic hydroxyl groups excluding tert-OH is 1. The molecule has 0 saturated heterocycles. The fourth-order valence-electron chi connectivity index (χ4n) is 2.09. The molecular weight excluding hydrogens is 274 g/mol. The van der Waals surface area contributed by atoms with Crippen LogP contribution < -0.4 is 0 Å². The summed E-state index contributed by atoms with van der Waals surface area (Å²) < 4.78 is 0. The third kappa shape index (κ3) is 3.23. The van der Waals surface area contributed by atoms with E-state index >= 15 is 0 Å². The van der Waals surface area contributed by atoms with Crippen LogP contribution in [0, 0.1) is 0 Å². The zero-order chi connectivity index (χ0) is 14.5. The van der Waals surface area contributed by atoms with Gasteiger partial charge in [-0.15, -0.1) is 11.3 Å². The molecule has 0 bridgehead atoms. The Morgan fingerprint density at radius 1 is 1.35 bits per heavy atom. The van der Waals surface area contributed by atoms with Gasteiger partial charge in [0.25, 0.3) is 0 Å². The smallest absolute Gasteiger partial charge is 0.303 e. The lowest BCUT2D eigenvalue weighted by Crippen LogP contribution is -2.01. The van der Waals surface area contributed by atoms with Gasteiger partial charge in [-0.25, -0.2) is 4.98 Å². The highest BCUT2D eigenvalue weighted by molar-refractivity contribution is 7.13. The van der Waals surface area contributed by atoms with E-state index in [1.54, 1.807) is 0 Å². The molecule has 0 saturated carbocycles. The maximum atomic E-state index is 10.8. The van der Waals surface area contributed by atoms with Gasteiger partial charge >= 0.3 is 5.97 Å². The lowest BCUT2D eigenvalue weighted by atomic mass is 9.98. The molecule has 0 fully saturated rings. The van der Waals surface area contributed by atoms with Crippen LogP contribution in [0.4, 0.5) is 0 Å². The van der Waals surface area contributed by atoms with E-state index in [1.807, 2.05) is 30.5 Å². The Morgan fingerprint density at radius 3 is 2.70 bits per heavy atom. The molecule has 0 aliphatic rings. The molecule has 2 rings (SSSR count). The first-order valence-electron chi connectivity index (χ1n) is 6.54. The first-order valence-corrected chi connectivity index (χ1v) is 7.41. The van der Waals surface area contributed by atoms with Gasteiger partial charge in [-0.2, -0.15) is 0 Å². The number of rotatable bonds is 6. The summed E-state index contributed by atoms with van der Waals surface area (Å²) in [6.07, 6.45) is 1.38. The van der Waals surface area contributed by atoms with Crippen molar-refractivity contribution < 1.29 is 15.0 Å². The summed E-state index contributed by atoms with van der Waals surface area (Å²) in [5.41, 5.74) is 3.63. The average Bonchev–Trinajstić information content (AvgIpc) is 2.93. The van der Waals surface area contributed by atoms with Gasteiger partial charge in [0.15, 0.2) is 0 Å². The molecule has 1 aromatic carbocycles. The minimum absolute atomic E-state index is 0.0721. The van der Waals surface area contributed by atoms with E-state index in [1.165, 1.54) is 11.3 Å². The van der Waals surface area contributed by atoms with Crippen molar-refractivity contribution in [3.05, 3.63) is 40.4 Å². The van der Waals surface area contributed by atoms with Crippen molar-refractivity contribution in [2.24, 2.45) is 0 Å². The van der Waals surface area contributed by atoms with Gasteiger partial charge in [0.2, 0.25) is 0 Å².